The van der Waals surface area contributed by atoms with Gasteiger partial charge in [-0.2, -0.15) is 0 Å². The van der Waals surface area contributed by atoms with Crippen molar-refractivity contribution in [2.24, 2.45) is 13.0 Å². The number of ether oxygens (including phenoxy) is 1. The molecule has 7 heteroatoms. The van der Waals surface area contributed by atoms with Crippen LogP contribution in [0.5, 0.6) is 0 Å². The lowest BCUT2D eigenvalue weighted by molar-refractivity contribution is -0.153. The number of carbonyl (C=O) groups is 2. The molecule has 1 fully saturated rings. The van der Waals surface area contributed by atoms with Gasteiger partial charge in [-0.3, -0.25) is 19.1 Å². The number of carbonyl (C=O) groups excluding carboxylic acids is 2. The van der Waals surface area contributed by atoms with Gasteiger partial charge in [0.1, 0.15) is 5.69 Å². The molecule has 0 saturated heterocycles. The molecular formula is C22H29N3O4. The zero-order valence-electron chi connectivity index (χ0n) is 17.3. The van der Waals surface area contributed by atoms with Crippen molar-refractivity contribution in [2.75, 3.05) is 5.32 Å². The highest BCUT2D eigenvalue weighted by Gasteiger charge is 2.24. The van der Waals surface area contributed by atoms with Gasteiger partial charge in [-0.25, -0.2) is 4.68 Å². The van der Waals surface area contributed by atoms with Gasteiger partial charge in [0.15, 0.2) is 6.10 Å². The number of esters is 1. The van der Waals surface area contributed by atoms with Gasteiger partial charge in [0, 0.05) is 13.5 Å². The average Bonchev–Trinajstić information content (AvgIpc) is 3.30. The molecule has 1 aromatic heterocycles. The number of benzene rings is 1. The molecule has 0 aliphatic heterocycles. The molecule has 1 aliphatic carbocycles. The molecule has 1 aliphatic rings. The fourth-order valence-corrected chi connectivity index (χ4v) is 3.87. The molecule has 2 aromatic rings. The van der Waals surface area contributed by atoms with E-state index in [1.165, 1.54) is 37.3 Å². The molecule has 29 heavy (non-hydrogen) atoms. The van der Waals surface area contributed by atoms with Crippen LogP contribution in [-0.4, -0.2) is 27.3 Å². The summed E-state index contributed by atoms with van der Waals surface area (Å²) in [5.41, 5.74) is 1.18. The Labute approximate surface area is 170 Å². The maximum Gasteiger partial charge on any atom is 0.306 e. The summed E-state index contributed by atoms with van der Waals surface area (Å²) < 4.78 is 8.45. The summed E-state index contributed by atoms with van der Waals surface area (Å²) in [5.74, 6) is -0.286. The first-order chi connectivity index (χ1) is 13.9. The molecule has 1 atom stereocenters. The van der Waals surface area contributed by atoms with Gasteiger partial charge in [-0.15, -0.1) is 0 Å². The lowest BCUT2D eigenvalue weighted by Crippen LogP contribution is -2.32. The smallest absolute Gasteiger partial charge is 0.306 e. The third-order valence-corrected chi connectivity index (χ3v) is 5.71. The first kappa shape index (κ1) is 20.9. The molecule has 1 aromatic carbocycles. The maximum absolute atomic E-state index is 12.9. The second-order valence-corrected chi connectivity index (χ2v) is 7.75. The van der Waals surface area contributed by atoms with Crippen LogP contribution >= 0.6 is 0 Å². The summed E-state index contributed by atoms with van der Waals surface area (Å²) >= 11 is 0. The van der Waals surface area contributed by atoms with Gasteiger partial charge < -0.3 is 10.1 Å². The molecule has 1 heterocycles. The highest BCUT2D eigenvalue weighted by Crippen LogP contribution is 2.28. The fraction of sp³-hybridized carbons (Fsp3) is 0.500. The summed E-state index contributed by atoms with van der Waals surface area (Å²) in [6.07, 6.45) is 4.98. The largest absolute Gasteiger partial charge is 0.453 e. The zero-order valence-corrected chi connectivity index (χ0v) is 17.3. The van der Waals surface area contributed by atoms with Crippen molar-refractivity contribution in [3.63, 3.8) is 0 Å². The quantitative estimate of drug-likeness (QED) is 0.724. The monoisotopic (exact) mass is 399 g/mol. The van der Waals surface area contributed by atoms with Crippen LogP contribution in [0.25, 0.3) is 5.69 Å². The standard InChI is InChI=1S/C22H29N3O4/c1-15-20(22(28)25(24(15)3)18-11-5-4-6-12-18)23-21(27)16(2)29-19(26)14-13-17-9-7-8-10-17/h4-6,11-12,16-17H,7-10,13-14H2,1-3H3,(H,23,27)/t16-/m0/s1. The SMILES string of the molecule is Cc1c(NC(=O)[C@H](C)OC(=O)CCC2CCCC2)c(=O)n(-c2ccccc2)n1C. The van der Waals surface area contributed by atoms with Gasteiger partial charge in [-0.05, 0) is 38.3 Å². The predicted molar refractivity (Wildman–Crippen MR) is 111 cm³/mol. The van der Waals surface area contributed by atoms with E-state index in [9.17, 15) is 14.4 Å². The Balaban J connectivity index is 1.64. The normalized spacial score (nSPS) is 15.3. The number of amides is 1. The fourth-order valence-electron chi connectivity index (χ4n) is 3.87. The van der Waals surface area contributed by atoms with Crippen molar-refractivity contribution in [1.82, 2.24) is 9.36 Å². The van der Waals surface area contributed by atoms with Gasteiger partial charge in [0.05, 0.1) is 11.4 Å². The van der Waals surface area contributed by atoms with Crippen molar-refractivity contribution < 1.29 is 14.3 Å². The number of rotatable bonds is 7. The first-order valence-corrected chi connectivity index (χ1v) is 10.2. The Bertz CT molecular complexity index is 924. The summed E-state index contributed by atoms with van der Waals surface area (Å²) in [6.45, 7) is 3.28. The van der Waals surface area contributed by atoms with Crippen LogP contribution in [0.4, 0.5) is 5.69 Å². The third kappa shape index (κ3) is 4.78. The van der Waals surface area contributed by atoms with Crippen LogP contribution in [-0.2, 0) is 21.4 Å². The number of aromatic nitrogens is 2. The molecular weight excluding hydrogens is 370 g/mol. The van der Waals surface area contributed by atoms with Crippen molar-refractivity contribution in [3.8, 4) is 5.69 Å². The number of para-hydroxylation sites is 1. The van der Waals surface area contributed by atoms with Crippen molar-refractivity contribution in [1.29, 1.82) is 0 Å². The summed E-state index contributed by atoms with van der Waals surface area (Å²) in [4.78, 5) is 37.5. The van der Waals surface area contributed by atoms with Gasteiger partial charge in [-0.1, -0.05) is 43.9 Å². The van der Waals surface area contributed by atoms with Gasteiger partial charge >= 0.3 is 5.97 Å². The molecule has 7 nitrogen and oxygen atoms in total. The van der Waals surface area contributed by atoms with Crippen molar-refractivity contribution >= 4 is 17.6 Å². The number of nitrogens with one attached hydrogen (secondary N) is 1. The summed E-state index contributed by atoms with van der Waals surface area (Å²) in [5, 5.41) is 2.64. The van der Waals surface area contributed by atoms with Crippen LogP contribution in [0.2, 0.25) is 0 Å². The molecule has 0 bridgehead atoms. The highest BCUT2D eigenvalue weighted by molar-refractivity contribution is 5.95. The summed E-state index contributed by atoms with van der Waals surface area (Å²) in [7, 11) is 1.76. The minimum Gasteiger partial charge on any atom is -0.453 e. The Kier molecular flexibility index (Phi) is 6.56. The number of hydrogen-bond donors (Lipinski definition) is 1. The molecule has 3 rings (SSSR count). The van der Waals surface area contributed by atoms with Gasteiger partial charge in [0.25, 0.3) is 11.5 Å². The van der Waals surface area contributed by atoms with E-state index >= 15 is 0 Å². The van der Waals surface area contributed by atoms with Crippen LogP contribution < -0.4 is 10.9 Å². The molecule has 156 valence electrons. The number of anilines is 1. The molecule has 1 N–H and O–H groups in total. The van der Waals surface area contributed by atoms with E-state index in [4.69, 9.17) is 4.74 Å². The highest BCUT2D eigenvalue weighted by atomic mass is 16.5. The molecule has 0 spiro atoms. The van der Waals surface area contributed by atoms with Crippen LogP contribution in [0, 0.1) is 12.8 Å². The minimum atomic E-state index is -0.963. The van der Waals surface area contributed by atoms with E-state index in [1.54, 1.807) is 18.7 Å². The topological polar surface area (TPSA) is 82.3 Å². The Morgan fingerprint density at radius 1 is 1.21 bits per heavy atom. The van der Waals surface area contributed by atoms with E-state index in [1.807, 2.05) is 30.3 Å². The molecule has 1 amide bonds. The van der Waals surface area contributed by atoms with Crippen LogP contribution in [0.15, 0.2) is 35.1 Å². The Hall–Kier alpha value is -2.83. The van der Waals surface area contributed by atoms with Crippen LogP contribution in [0.3, 0.4) is 0 Å². The second kappa shape index (κ2) is 9.11. The third-order valence-electron chi connectivity index (χ3n) is 5.71. The second-order valence-electron chi connectivity index (χ2n) is 7.75. The van der Waals surface area contributed by atoms with Crippen molar-refractivity contribution in [2.45, 2.75) is 58.5 Å². The zero-order chi connectivity index (χ0) is 21.0. The average molecular weight is 399 g/mol. The molecule has 0 radical (unpaired) electrons. The Morgan fingerprint density at radius 3 is 2.52 bits per heavy atom. The van der Waals surface area contributed by atoms with E-state index in [-0.39, 0.29) is 17.2 Å². The van der Waals surface area contributed by atoms with E-state index in [0.29, 0.717) is 23.7 Å². The molecule has 1 saturated carbocycles. The van der Waals surface area contributed by atoms with Crippen LogP contribution in [0.1, 0.15) is 51.1 Å². The van der Waals surface area contributed by atoms with E-state index < -0.39 is 12.0 Å². The lowest BCUT2D eigenvalue weighted by Gasteiger charge is -2.14. The van der Waals surface area contributed by atoms with E-state index in [2.05, 4.69) is 5.32 Å². The minimum absolute atomic E-state index is 0.190. The summed E-state index contributed by atoms with van der Waals surface area (Å²) in [6, 6.07) is 9.20. The molecule has 0 unspecified atom stereocenters. The van der Waals surface area contributed by atoms with E-state index in [0.717, 1.165) is 6.42 Å². The lowest BCUT2D eigenvalue weighted by atomic mass is 10.0. The van der Waals surface area contributed by atoms with Crippen molar-refractivity contribution in [3.05, 3.63) is 46.4 Å². The first-order valence-electron chi connectivity index (χ1n) is 10.2. The Morgan fingerprint density at radius 2 is 1.86 bits per heavy atom. The van der Waals surface area contributed by atoms with Gasteiger partial charge in [0.2, 0.25) is 0 Å². The number of nitrogens with zero attached hydrogens (tertiary/aromatic N) is 2. The number of hydrogen-bond acceptors (Lipinski definition) is 4. The predicted octanol–water partition coefficient (Wildman–Crippen LogP) is 3.33. The maximum atomic E-state index is 12.9.